The fourth-order valence-electron chi connectivity index (χ4n) is 2.26. The molecule has 1 aromatic carbocycles. The molecule has 7 nitrogen and oxygen atoms in total. The number of fused-ring (bicyclic) bond motifs is 1. The molecule has 2 N–H and O–H groups in total. The van der Waals surface area contributed by atoms with Crippen molar-refractivity contribution in [3.63, 3.8) is 0 Å². The normalized spacial score (nSPS) is 11.4. The summed E-state index contributed by atoms with van der Waals surface area (Å²) in [5.74, 6) is -0.672. The second-order valence-corrected chi connectivity index (χ2v) is 7.52. The first kappa shape index (κ1) is 17.2. The number of hydrogen-bond acceptors (Lipinski definition) is 4. The Morgan fingerprint density at radius 3 is 2.80 bits per heavy atom. The van der Waals surface area contributed by atoms with Crippen LogP contribution in [-0.4, -0.2) is 36.2 Å². The van der Waals surface area contributed by atoms with E-state index in [4.69, 9.17) is 11.6 Å². The summed E-state index contributed by atoms with van der Waals surface area (Å²) in [7, 11) is -3.60. The van der Waals surface area contributed by atoms with Crippen LogP contribution in [0.15, 0.2) is 54.9 Å². The summed E-state index contributed by atoms with van der Waals surface area (Å²) < 4.78 is 28.4. The van der Waals surface area contributed by atoms with Crippen LogP contribution in [0, 0.1) is 0 Å². The van der Waals surface area contributed by atoms with Crippen molar-refractivity contribution in [2.45, 2.75) is 0 Å². The van der Waals surface area contributed by atoms with E-state index >= 15 is 0 Å². The summed E-state index contributed by atoms with van der Waals surface area (Å²) in [6, 6.07) is 11.6. The molecule has 2 heterocycles. The third-order valence-corrected chi connectivity index (χ3v) is 5.07. The van der Waals surface area contributed by atoms with Crippen LogP contribution in [0.4, 0.5) is 5.69 Å². The monoisotopic (exact) mass is 378 g/mol. The van der Waals surface area contributed by atoms with Crippen LogP contribution in [0.3, 0.4) is 0 Å². The van der Waals surface area contributed by atoms with Gasteiger partial charge in [-0.3, -0.25) is 9.52 Å². The molecule has 3 rings (SSSR count). The highest BCUT2D eigenvalue weighted by Crippen LogP contribution is 2.15. The van der Waals surface area contributed by atoms with E-state index in [0.717, 1.165) is 5.52 Å². The molecule has 0 atom stereocenters. The molecule has 130 valence electrons. The van der Waals surface area contributed by atoms with Crippen LogP contribution in [0.5, 0.6) is 0 Å². The Hall–Kier alpha value is -2.58. The van der Waals surface area contributed by atoms with Crippen molar-refractivity contribution in [1.82, 2.24) is 14.9 Å². The van der Waals surface area contributed by atoms with Crippen molar-refractivity contribution in [3.8, 4) is 0 Å². The van der Waals surface area contributed by atoms with Crippen LogP contribution >= 0.6 is 11.6 Å². The maximum Gasteiger partial charge on any atom is 0.252 e. The van der Waals surface area contributed by atoms with Gasteiger partial charge in [-0.2, -0.15) is 5.10 Å². The number of carbonyl (C=O) groups excluding carboxylic acids is 1. The Morgan fingerprint density at radius 2 is 2.00 bits per heavy atom. The number of sulfonamides is 1. The van der Waals surface area contributed by atoms with Crippen molar-refractivity contribution in [2.24, 2.45) is 0 Å². The summed E-state index contributed by atoms with van der Waals surface area (Å²) in [5.41, 5.74) is 1.51. The molecule has 3 aromatic rings. The number of carbonyl (C=O) groups is 1. The Labute approximate surface area is 149 Å². The summed E-state index contributed by atoms with van der Waals surface area (Å²) >= 11 is 5.94. The van der Waals surface area contributed by atoms with Gasteiger partial charge in [0.1, 0.15) is 0 Å². The van der Waals surface area contributed by atoms with Gasteiger partial charge < -0.3 is 5.32 Å². The average Bonchev–Trinajstić information content (AvgIpc) is 3.02. The average molecular weight is 379 g/mol. The quantitative estimate of drug-likeness (QED) is 0.687. The highest BCUT2D eigenvalue weighted by atomic mass is 35.5. The molecule has 2 aromatic heterocycles. The summed E-state index contributed by atoms with van der Waals surface area (Å²) in [6.45, 7) is -0.0334. The molecule has 9 heteroatoms. The van der Waals surface area contributed by atoms with Gasteiger partial charge in [0.05, 0.1) is 27.5 Å². The minimum Gasteiger partial charge on any atom is -0.351 e. The SMILES string of the molecule is O=C(NCCS(=O)(=O)Nc1ccn2nccc2c1)c1ccccc1Cl. The molecule has 0 aliphatic rings. The molecule has 0 spiro atoms. The second kappa shape index (κ2) is 7.12. The molecule has 0 aliphatic heterocycles. The molecule has 0 aliphatic carbocycles. The van der Waals surface area contributed by atoms with E-state index in [1.807, 2.05) is 0 Å². The van der Waals surface area contributed by atoms with Gasteiger partial charge in [-0.1, -0.05) is 23.7 Å². The Morgan fingerprint density at radius 1 is 1.20 bits per heavy atom. The molecule has 0 bridgehead atoms. The zero-order chi connectivity index (χ0) is 17.9. The number of nitrogens with zero attached hydrogens (tertiary/aromatic N) is 2. The molecule has 0 saturated heterocycles. The van der Waals surface area contributed by atoms with E-state index < -0.39 is 15.9 Å². The summed E-state index contributed by atoms with van der Waals surface area (Å²) in [6.07, 6.45) is 3.28. The minimum atomic E-state index is -3.60. The smallest absolute Gasteiger partial charge is 0.252 e. The van der Waals surface area contributed by atoms with E-state index in [-0.39, 0.29) is 12.3 Å². The minimum absolute atomic E-state index is 0.0334. The van der Waals surface area contributed by atoms with Gasteiger partial charge in [-0.15, -0.1) is 0 Å². The highest BCUT2D eigenvalue weighted by molar-refractivity contribution is 7.92. The van der Waals surface area contributed by atoms with Crippen molar-refractivity contribution in [1.29, 1.82) is 0 Å². The largest absolute Gasteiger partial charge is 0.351 e. The number of nitrogens with one attached hydrogen (secondary N) is 2. The zero-order valence-corrected chi connectivity index (χ0v) is 14.6. The Balaban J connectivity index is 1.58. The number of benzene rings is 1. The van der Waals surface area contributed by atoms with Crippen LogP contribution in [0.2, 0.25) is 5.02 Å². The van der Waals surface area contributed by atoms with Crippen molar-refractivity contribution in [2.75, 3.05) is 17.0 Å². The second-order valence-electron chi connectivity index (χ2n) is 5.27. The number of rotatable bonds is 6. The molecule has 0 unspecified atom stereocenters. The molecule has 0 fully saturated rings. The third kappa shape index (κ3) is 4.28. The third-order valence-electron chi connectivity index (χ3n) is 3.45. The number of aromatic nitrogens is 2. The number of pyridine rings is 1. The molecule has 25 heavy (non-hydrogen) atoms. The fourth-order valence-corrected chi connectivity index (χ4v) is 3.44. The first-order valence-corrected chi connectivity index (χ1v) is 9.44. The van der Waals surface area contributed by atoms with Crippen LogP contribution in [0.25, 0.3) is 5.52 Å². The van der Waals surface area contributed by atoms with Gasteiger partial charge in [0.15, 0.2) is 0 Å². The predicted octanol–water partition coefficient (Wildman–Crippen LogP) is 2.16. The lowest BCUT2D eigenvalue weighted by Crippen LogP contribution is -2.31. The first-order chi connectivity index (χ1) is 11.9. The molecular weight excluding hydrogens is 364 g/mol. The maximum atomic E-state index is 12.1. The lowest BCUT2D eigenvalue weighted by molar-refractivity contribution is 0.0956. The number of halogens is 1. The van der Waals surface area contributed by atoms with E-state index in [9.17, 15) is 13.2 Å². The van der Waals surface area contributed by atoms with Crippen molar-refractivity contribution >= 4 is 38.7 Å². The number of anilines is 1. The lowest BCUT2D eigenvalue weighted by atomic mass is 10.2. The molecule has 0 radical (unpaired) electrons. The number of hydrogen-bond donors (Lipinski definition) is 2. The predicted molar refractivity (Wildman–Crippen MR) is 96.4 cm³/mol. The fraction of sp³-hybridized carbons (Fsp3) is 0.125. The van der Waals surface area contributed by atoms with Gasteiger partial charge in [-0.25, -0.2) is 12.9 Å². The van der Waals surface area contributed by atoms with E-state index in [1.165, 1.54) is 0 Å². The van der Waals surface area contributed by atoms with E-state index in [1.54, 1.807) is 59.4 Å². The Kier molecular flexibility index (Phi) is 4.91. The maximum absolute atomic E-state index is 12.1. The van der Waals surface area contributed by atoms with Gasteiger partial charge >= 0.3 is 0 Å². The van der Waals surface area contributed by atoms with Gasteiger partial charge in [0, 0.05) is 18.9 Å². The van der Waals surface area contributed by atoms with Crippen LogP contribution in [-0.2, 0) is 10.0 Å². The lowest BCUT2D eigenvalue weighted by Gasteiger charge is -2.10. The molecule has 1 amide bonds. The van der Waals surface area contributed by atoms with Crippen LogP contribution in [0.1, 0.15) is 10.4 Å². The standard InChI is InChI=1S/C16H15ClN4O3S/c17-15-4-2-1-3-14(15)16(22)18-8-10-25(23,24)20-12-6-9-21-13(11-12)5-7-19-21/h1-7,9,11,20H,8,10H2,(H,18,22). The van der Waals surface area contributed by atoms with Gasteiger partial charge in [0.2, 0.25) is 10.0 Å². The highest BCUT2D eigenvalue weighted by Gasteiger charge is 2.13. The topological polar surface area (TPSA) is 92.6 Å². The molecular formula is C16H15ClN4O3S. The number of amides is 1. The van der Waals surface area contributed by atoms with Crippen LogP contribution < -0.4 is 10.0 Å². The summed E-state index contributed by atoms with van der Waals surface area (Å²) in [4.78, 5) is 12.0. The summed E-state index contributed by atoms with van der Waals surface area (Å²) in [5, 5.41) is 6.91. The zero-order valence-electron chi connectivity index (χ0n) is 13.0. The molecule has 0 saturated carbocycles. The first-order valence-electron chi connectivity index (χ1n) is 7.41. The van der Waals surface area contributed by atoms with E-state index in [2.05, 4.69) is 15.1 Å². The van der Waals surface area contributed by atoms with Gasteiger partial charge in [0.25, 0.3) is 5.91 Å². The van der Waals surface area contributed by atoms with Crippen molar-refractivity contribution < 1.29 is 13.2 Å². The van der Waals surface area contributed by atoms with Gasteiger partial charge in [-0.05, 0) is 30.3 Å². The Bertz CT molecular complexity index is 1020. The van der Waals surface area contributed by atoms with E-state index in [0.29, 0.717) is 16.3 Å². The van der Waals surface area contributed by atoms with Crippen molar-refractivity contribution in [3.05, 3.63) is 65.4 Å².